The van der Waals surface area contributed by atoms with Gasteiger partial charge in [0.15, 0.2) is 0 Å². The van der Waals surface area contributed by atoms with E-state index < -0.39 is 13.2 Å². The van der Waals surface area contributed by atoms with Gasteiger partial charge in [0.2, 0.25) is 0 Å². The molecule has 0 saturated carbocycles. The van der Waals surface area contributed by atoms with Crippen molar-refractivity contribution in [1.82, 2.24) is 0 Å². The molecule has 0 aliphatic rings. The second-order valence-electron chi connectivity index (χ2n) is 10.3. The summed E-state index contributed by atoms with van der Waals surface area (Å²) in [5.74, 6) is 0.257. The number of phenolic OH excluding ortho intramolecular Hbond substituents is 1. The second-order valence-corrected chi connectivity index (χ2v) is 12.1. The van der Waals surface area contributed by atoms with Crippen LogP contribution in [0.25, 0.3) is 0 Å². The van der Waals surface area contributed by atoms with Crippen molar-refractivity contribution in [3.05, 3.63) is 64.7 Å². The molecule has 0 aromatic heterocycles. The Balaban J connectivity index is 2.43. The molecule has 0 aliphatic heterocycles. The van der Waals surface area contributed by atoms with Crippen LogP contribution in [0.2, 0.25) is 0 Å². The van der Waals surface area contributed by atoms with E-state index in [2.05, 4.69) is 0 Å². The number of benzene rings is 2. The molecule has 160 valence electrons. The molecule has 1 unspecified atom stereocenters. The van der Waals surface area contributed by atoms with Crippen LogP contribution in [0, 0.1) is 0 Å². The minimum Gasteiger partial charge on any atom is -0.507 e. The average molecular weight is 419 g/mol. The van der Waals surface area contributed by atoms with Crippen LogP contribution in [-0.4, -0.2) is 10.00 Å². The zero-order valence-electron chi connectivity index (χ0n) is 18.9. The average Bonchev–Trinajstić information content (AvgIpc) is 2.53. The van der Waals surface area contributed by atoms with Gasteiger partial charge < -0.3 is 10.00 Å². The van der Waals surface area contributed by atoms with E-state index in [1.165, 1.54) is 0 Å². The topological polar surface area (TPSA) is 66.8 Å². The summed E-state index contributed by atoms with van der Waals surface area (Å²) in [4.78, 5) is 10.7. The summed E-state index contributed by atoms with van der Waals surface area (Å²) in [6, 6.07) is 13.1. The summed E-state index contributed by atoms with van der Waals surface area (Å²) in [6.07, 6.45) is -0.115. The molecule has 0 fully saturated rings. The summed E-state index contributed by atoms with van der Waals surface area (Å²) < 4.78 is 18.8. The molecule has 0 radical (unpaired) electrons. The standard InChI is InChI=1S/C24H35O4P/c1-22(2,3)19-14-17(15-20(21(19)25)23(4,5)6)16-29(26,27)28-24(7,8)18-12-10-9-11-13-18/h9-15,25H,16H2,1-8H3,(H,26,27). The molecule has 0 heterocycles. The Bertz CT molecular complexity index is 868. The van der Waals surface area contributed by atoms with Crippen molar-refractivity contribution in [3.8, 4) is 5.75 Å². The highest BCUT2D eigenvalue weighted by Crippen LogP contribution is 2.52. The predicted molar refractivity (Wildman–Crippen MR) is 120 cm³/mol. The number of rotatable bonds is 5. The SMILES string of the molecule is CC(C)(C)c1cc(CP(=O)(O)OC(C)(C)c2ccccc2)cc(C(C)(C)C)c1O. The molecular weight excluding hydrogens is 383 g/mol. The van der Waals surface area contributed by atoms with Crippen molar-refractivity contribution < 1.29 is 19.1 Å². The van der Waals surface area contributed by atoms with Crippen LogP contribution in [0.1, 0.15) is 77.6 Å². The molecule has 5 heteroatoms. The van der Waals surface area contributed by atoms with Crippen molar-refractivity contribution in [3.63, 3.8) is 0 Å². The van der Waals surface area contributed by atoms with Gasteiger partial charge >= 0.3 is 7.60 Å². The third-order valence-corrected chi connectivity index (χ3v) is 6.51. The largest absolute Gasteiger partial charge is 0.507 e. The van der Waals surface area contributed by atoms with Gasteiger partial charge in [-0.2, -0.15) is 0 Å². The van der Waals surface area contributed by atoms with E-state index in [4.69, 9.17) is 4.52 Å². The highest BCUT2D eigenvalue weighted by molar-refractivity contribution is 7.52. The Morgan fingerprint density at radius 1 is 0.862 bits per heavy atom. The minimum atomic E-state index is -3.94. The molecule has 0 spiro atoms. The molecule has 2 aromatic rings. The molecule has 0 bridgehead atoms. The second kappa shape index (κ2) is 7.91. The number of hydrogen-bond acceptors (Lipinski definition) is 3. The predicted octanol–water partition coefficient (Wildman–Crippen LogP) is 6.62. The molecule has 0 aliphatic carbocycles. The lowest BCUT2D eigenvalue weighted by Crippen LogP contribution is -2.21. The van der Waals surface area contributed by atoms with Gasteiger partial charge in [-0.05, 0) is 46.9 Å². The van der Waals surface area contributed by atoms with Crippen LogP contribution < -0.4 is 0 Å². The minimum absolute atomic E-state index is 0.115. The van der Waals surface area contributed by atoms with E-state index in [-0.39, 0.29) is 22.7 Å². The van der Waals surface area contributed by atoms with Gasteiger partial charge in [-0.25, -0.2) is 0 Å². The van der Waals surface area contributed by atoms with E-state index in [1.54, 1.807) is 13.8 Å². The molecule has 0 amide bonds. The summed E-state index contributed by atoms with van der Waals surface area (Å²) in [5, 5.41) is 10.9. The quantitative estimate of drug-likeness (QED) is 0.535. The molecular formula is C24H35O4P. The Kier molecular flexibility index (Phi) is 6.45. The van der Waals surface area contributed by atoms with Crippen LogP contribution in [0.15, 0.2) is 42.5 Å². The van der Waals surface area contributed by atoms with Crippen molar-refractivity contribution in [2.24, 2.45) is 0 Å². The Hall–Kier alpha value is -1.61. The van der Waals surface area contributed by atoms with Gasteiger partial charge in [0.1, 0.15) is 5.75 Å². The van der Waals surface area contributed by atoms with Crippen molar-refractivity contribution in [2.75, 3.05) is 0 Å². The van der Waals surface area contributed by atoms with Crippen LogP contribution in [-0.2, 0) is 31.7 Å². The maximum atomic E-state index is 13.0. The molecule has 29 heavy (non-hydrogen) atoms. The van der Waals surface area contributed by atoms with Crippen molar-refractivity contribution >= 4 is 7.60 Å². The van der Waals surface area contributed by atoms with Crippen LogP contribution >= 0.6 is 7.60 Å². The third-order valence-electron chi connectivity index (χ3n) is 5.01. The first-order valence-corrected chi connectivity index (χ1v) is 11.7. The van der Waals surface area contributed by atoms with E-state index in [0.717, 1.165) is 16.7 Å². The first-order valence-electron chi connectivity index (χ1n) is 9.98. The molecule has 2 rings (SSSR count). The molecule has 2 aromatic carbocycles. The number of phenols is 1. The first-order chi connectivity index (χ1) is 13.0. The molecule has 0 saturated heterocycles. The Morgan fingerprint density at radius 2 is 1.31 bits per heavy atom. The van der Waals surface area contributed by atoms with Crippen LogP contribution in [0.3, 0.4) is 0 Å². The van der Waals surface area contributed by atoms with Crippen LogP contribution in [0.5, 0.6) is 5.75 Å². The lowest BCUT2D eigenvalue weighted by Gasteiger charge is -2.30. The lowest BCUT2D eigenvalue weighted by atomic mass is 9.78. The molecule has 1 atom stereocenters. The van der Waals surface area contributed by atoms with E-state index in [1.807, 2.05) is 84.0 Å². The van der Waals surface area contributed by atoms with E-state index >= 15 is 0 Å². The molecule has 4 nitrogen and oxygen atoms in total. The normalized spacial score (nSPS) is 15.2. The maximum Gasteiger partial charge on any atom is 0.333 e. The van der Waals surface area contributed by atoms with Gasteiger partial charge in [0.25, 0.3) is 0 Å². The van der Waals surface area contributed by atoms with Gasteiger partial charge in [-0.3, -0.25) is 9.09 Å². The monoisotopic (exact) mass is 418 g/mol. The van der Waals surface area contributed by atoms with Gasteiger partial charge in [-0.1, -0.05) is 84.0 Å². The van der Waals surface area contributed by atoms with Gasteiger partial charge in [0.05, 0.1) is 11.8 Å². The fourth-order valence-electron chi connectivity index (χ4n) is 3.44. The maximum absolute atomic E-state index is 13.0. The Morgan fingerprint density at radius 3 is 1.72 bits per heavy atom. The lowest BCUT2D eigenvalue weighted by molar-refractivity contribution is 0.0903. The number of hydrogen-bond donors (Lipinski definition) is 2. The summed E-state index contributed by atoms with van der Waals surface area (Å²) in [7, 11) is -3.94. The third kappa shape index (κ3) is 5.94. The van der Waals surface area contributed by atoms with E-state index in [0.29, 0.717) is 5.56 Å². The summed E-state index contributed by atoms with van der Waals surface area (Å²) in [6.45, 7) is 15.7. The van der Waals surface area contributed by atoms with E-state index in [9.17, 15) is 14.6 Å². The van der Waals surface area contributed by atoms with Crippen molar-refractivity contribution in [1.29, 1.82) is 0 Å². The summed E-state index contributed by atoms with van der Waals surface area (Å²) in [5.41, 5.74) is 1.55. The highest BCUT2D eigenvalue weighted by Gasteiger charge is 2.34. The fraction of sp³-hybridized carbons (Fsp3) is 0.500. The van der Waals surface area contributed by atoms with Gasteiger partial charge in [0, 0.05) is 0 Å². The van der Waals surface area contributed by atoms with Crippen molar-refractivity contribution in [2.45, 2.75) is 78.0 Å². The zero-order chi connectivity index (χ0) is 22.3. The molecule has 2 N–H and O–H groups in total. The van der Waals surface area contributed by atoms with Crippen LogP contribution in [0.4, 0.5) is 0 Å². The fourth-order valence-corrected chi connectivity index (χ4v) is 4.97. The number of aromatic hydroxyl groups is 1. The highest BCUT2D eigenvalue weighted by atomic mass is 31.2. The summed E-state index contributed by atoms with van der Waals surface area (Å²) >= 11 is 0. The van der Waals surface area contributed by atoms with Gasteiger partial charge in [-0.15, -0.1) is 0 Å². The first kappa shape index (κ1) is 23.7. The zero-order valence-corrected chi connectivity index (χ0v) is 19.8. The smallest absolute Gasteiger partial charge is 0.333 e. The Labute approximate surface area is 175 Å².